The van der Waals surface area contributed by atoms with E-state index in [-0.39, 0.29) is 0 Å². The first kappa shape index (κ1) is 22.5. The van der Waals surface area contributed by atoms with Gasteiger partial charge in [0.05, 0.1) is 0 Å². The number of carbonyl (C=O) groups excluding carboxylic acids is 1. The number of hydrogen-bond acceptors (Lipinski definition) is 1. The molecule has 1 saturated carbocycles. The number of unbranched alkanes of at least 4 members (excludes halogenated alkanes) is 9. The zero-order valence-electron chi connectivity index (χ0n) is 17.4. The molecule has 0 unspecified atom stereocenters. The Labute approximate surface area is 158 Å². The van der Waals surface area contributed by atoms with Crippen molar-refractivity contribution in [3.63, 3.8) is 0 Å². The minimum atomic E-state index is 0.441. The Morgan fingerprint density at radius 1 is 0.760 bits per heavy atom. The van der Waals surface area contributed by atoms with E-state index in [1.165, 1.54) is 96.3 Å². The van der Waals surface area contributed by atoms with Gasteiger partial charge in [0, 0.05) is 19.5 Å². The van der Waals surface area contributed by atoms with Crippen LogP contribution in [0.2, 0.25) is 0 Å². The molecule has 0 spiro atoms. The lowest BCUT2D eigenvalue weighted by Gasteiger charge is -2.23. The Morgan fingerprint density at radius 3 is 1.76 bits per heavy atom. The summed E-state index contributed by atoms with van der Waals surface area (Å²) in [7, 11) is 0. The third-order valence-electron chi connectivity index (χ3n) is 5.91. The second kappa shape index (κ2) is 15.7. The molecule has 1 amide bonds. The summed E-state index contributed by atoms with van der Waals surface area (Å²) >= 11 is 0. The van der Waals surface area contributed by atoms with Crippen molar-refractivity contribution in [3.05, 3.63) is 0 Å². The largest absolute Gasteiger partial charge is 0.343 e. The highest BCUT2D eigenvalue weighted by Gasteiger charge is 2.18. The molecule has 1 fully saturated rings. The summed E-state index contributed by atoms with van der Waals surface area (Å²) in [4.78, 5) is 14.9. The maximum Gasteiger partial charge on any atom is 0.222 e. The summed E-state index contributed by atoms with van der Waals surface area (Å²) in [5, 5.41) is 0. The Kier molecular flexibility index (Phi) is 14.1. The molecule has 1 aliphatic carbocycles. The van der Waals surface area contributed by atoms with E-state index < -0.39 is 0 Å². The molecule has 0 aliphatic heterocycles. The Morgan fingerprint density at radius 2 is 1.24 bits per heavy atom. The number of nitrogens with zero attached hydrogens (tertiary/aromatic N) is 1. The van der Waals surface area contributed by atoms with Crippen LogP contribution in [0.5, 0.6) is 0 Å². The van der Waals surface area contributed by atoms with Gasteiger partial charge in [0.15, 0.2) is 0 Å². The van der Waals surface area contributed by atoms with E-state index in [0.717, 1.165) is 31.8 Å². The fourth-order valence-electron chi connectivity index (χ4n) is 4.14. The van der Waals surface area contributed by atoms with E-state index >= 15 is 0 Å². The van der Waals surface area contributed by atoms with Crippen LogP contribution < -0.4 is 0 Å². The second-order valence-corrected chi connectivity index (χ2v) is 8.25. The quantitative estimate of drug-likeness (QED) is 0.271. The predicted molar refractivity (Wildman–Crippen MR) is 110 cm³/mol. The zero-order chi connectivity index (χ0) is 18.2. The van der Waals surface area contributed by atoms with Crippen molar-refractivity contribution >= 4 is 5.91 Å². The van der Waals surface area contributed by atoms with Crippen molar-refractivity contribution in [1.82, 2.24) is 4.90 Å². The highest BCUT2D eigenvalue weighted by molar-refractivity contribution is 5.76. The summed E-state index contributed by atoms with van der Waals surface area (Å²) in [6, 6.07) is 0. The van der Waals surface area contributed by atoms with Crippen LogP contribution in [-0.2, 0) is 4.79 Å². The number of hydrogen-bond donors (Lipinski definition) is 0. The molecule has 25 heavy (non-hydrogen) atoms. The Hall–Kier alpha value is -0.530. The van der Waals surface area contributed by atoms with E-state index in [9.17, 15) is 4.79 Å². The molecule has 0 N–H and O–H groups in total. The molecular weight excluding hydrogens is 306 g/mol. The van der Waals surface area contributed by atoms with Gasteiger partial charge in [0.2, 0.25) is 5.91 Å². The molecular formula is C23H45NO. The van der Waals surface area contributed by atoms with E-state index in [4.69, 9.17) is 0 Å². The van der Waals surface area contributed by atoms with Gasteiger partial charge < -0.3 is 4.90 Å². The molecule has 148 valence electrons. The van der Waals surface area contributed by atoms with Gasteiger partial charge in [-0.3, -0.25) is 4.79 Å². The number of amides is 1. The van der Waals surface area contributed by atoms with Gasteiger partial charge in [0.1, 0.15) is 0 Å². The van der Waals surface area contributed by atoms with E-state index in [1.54, 1.807) is 0 Å². The summed E-state index contributed by atoms with van der Waals surface area (Å²) in [5.41, 5.74) is 0. The van der Waals surface area contributed by atoms with Crippen molar-refractivity contribution in [1.29, 1.82) is 0 Å². The van der Waals surface area contributed by atoms with Gasteiger partial charge in [-0.15, -0.1) is 0 Å². The molecule has 0 saturated heterocycles. The lowest BCUT2D eigenvalue weighted by Crippen LogP contribution is -2.33. The SMILES string of the molecule is CCCCCCCCN(CCCCCCC)C(=O)CCC1CCCC1. The Bertz CT molecular complexity index is 309. The molecule has 2 nitrogen and oxygen atoms in total. The Balaban J connectivity index is 2.25. The van der Waals surface area contributed by atoms with Gasteiger partial charge in [-0.05, 0) is 25.2 Å². The molecule has 1 rings (SSSR count). The van der Waals surface area contributed by atoms with Crippen LogP contribution in [0.25, 0.3) is 0 Å². The van der Waals surface area contributed by atoms with Crippen molar-refractivity contribution in [2.45, 2.75) is 123 Å². The molecule has 0 atom stereocenters. The standard InChI is InChI=1S/C23H45NO/c1-3-5-7-9-11-15-21-24(20-14-10-8-6-4-2)23(25)19-18-22-16-12-13-17-22/h22H,3-21H2,1-2H3. The van der Waals surface area contributed by atoms with Gasteiger partial charge in [-0.2, -0.15) is 0 Å². The maximum absolute atomic E-state index is 12.7. The van der Waals surface area contributed by atoms with Crippen LogP contribution in [0.1, 0.15) is 123 Å². The van der Waals surface area contributed by atoms with Crippen LogP contribution in [-0.4, -0.2) is 23.9 Å². The first-order valence-electron chi connectivity index (χ1n) is 11.6. The predicted octanol–water partition coefficient (Wildman–Crippen LogP) is 7.12. The van der Waals surface area contributed by atoms with Crippen LogP contribution in [0.3, 0.4) is 0 Å². The van der Waals surface area contributed by atoms with Gasteiger partial charge in [0.25, 0.3) is 0 Å². The van der Waals surface area contributed by atoms with Crippen LogP contribution in [0.15, 0.2) is 0 Å². The summed E-state index contributed by atoms with van der Waals surface area (Å²) < 4.78 is 0. The summed E-state index contributed by atoms with van der Waals surface area (Å²) in [6.45, 7) is 6.53. The molecule has 0 aromatic heterocycles. The van der Waals surface area contributed by atoms with E-state index in [1.807, 2.05) is 0 Å². The molecule has 0 bridgehead atoms. The normalized spacial score (nSPS) is 15.0. The average Bonchev–Trinajstić information content (AvgIpc) is 3.14. The highest BCUT2D eigenvalue weighted by atomic mass is 16.2. The van der Waals surface area contributed by atoms with Crippen molar-refractivity contribution in [2.75, 3.05) is 13.1 Å². The molecule has 0 heterocycles. The summed E-state index contributed by atoms with van der Waals surface area (Å²) in [5.74, 6) is 1.28. The lowest BCUT2D eigenvalue weighted by atomic mass is 10.0. The molecule has 0 aromatic rings. The smallest absolute Gasteiger partial charge is 0.222 e. The van der Waals surface area contributed by atoms with Gasteiger partial charge >= 0.3 is 0 Å². The van der Waals surface area contributed by atoms with Crippen molar-refractivity contribution < 1.29 is 4.79 Å². The first-order chi connectivity index (χ1) is 12.3. The fraction of sp³-hybridized carbons (Fsp3) is 0.957. The summed E-state index contributed by atoms with van der Waals surface area (Å²) in [6.07, 6.45) is 21.8. The minimum Gasteiger partial charge on any atom is -0.343 e. The second-order valence-electron chi connectivity index (χ2n) is 8.25. The third kappa shape index (κ3) is 11.7. The fourth-order valence-corrected chi connectivity index (χ4v) is 4.14. The first-order valence-corrected chi connectivity index (χ1v) is 11.6. The van der Waals surface area contributed by atoms with Gasteiger partial charge in [-0.25, -0.2) is 0 Å². The highest BCUT2D eigenvalue weighted by Crippen LogP contribution is 2.28. The zero-order valence-corrected chi connectivity index (χ0v) is 17.4. The van der Waals surface area contributed by atoms with Crippen LogP contribution in [0, 0.1) is 5.92 Å². The lowest BCUT2D eigenvalue weighted by molar-refractivity contribution is -0.131. The topological polar surface area (TPSA) is 20.3 Å². The number of rotatable bonds is 16. The molecule has 0 radical (unpaired) electrons. The van der Waals surface area contributed by atoms with Crippen LogP contribution >= 0.6 is 0 Å². The molecule has 2 heteroatoms. The average molecular weight is 352 g/mol. The van der Waals surface area contributed by atoms with Crippen LogP contribution in [0.4, 0.5) is 0 Å². The van der Waals surface area contributed by atoms with Crippen molar-refractivity contribution in [2.24, 2.45) is 5.92 Å². The molecule has 0 aromatic carbocycles. The minimum absolute atomic E-state index is 0.441. The molecule has 1 aliphatic rings. The maximum atomic E-state index is 12.7. The van der Waals surface area contributed by atoms with E-state index in [2.05, 4.69) is 18.7 Å². The number of carbonyl (C=O) groups is 1. The monoisotopic (exact) mass is 351 g/mol. The van der Waals surface area contributed by atoms with E-state index in [0.29, 0.717) is 5.91 Å². The van der Waals surface area contributed by atoms with Gasteiger partial charge in [-0.1, -0.05) is 97.3 Å². The third-order valence-corrected chi connectivity index (χ3v) is 5.91. The van der Waals surface area contributed by atoms with Crippen molar-refractivity contribution in [3.8, 4) is 0 Å².